The summed E-state index contributed by atoms with van der Waals surface area (Å²) in [5, 5.41) is 3.70. The molecule has 1 aliphatic rings. The molecule has 12 heavy (non-hydrogen) atoms. The number of hydrogen-bond donors (Lipinski definition) is 1. The zero-order valence-corrected chi connectivity index (χ0v) is 6.69. The first-order chi connectivity index (χ1) is 5.86. The third-order valence-electron chi connectivity index (χ3n) is 1.93. The van der Waals surface area contributed by atoms with Crippen molar-refractivity contribution in [1.29, 1.82) is 0 Å². The Balaban J connectivity index is 2.08. The molecule has 0 aliphatic carbocycles. The number of nitrogens with zero attached hydrogens (tertiary/aromatic N) is 2. The average molecular weight is 169 g/mol. The van der Waals surface area contributed by atoms with Crippen LogP contribution in [0.1, 0.15) is 31.2 Å². The van der Waals surface area contributed by atoms with E-state index in [9.17, 15) is 0 Å². The summed E-state index contributed by atoms with van der Waals surface area (Å²) >= 11 is 0. The van der Waals surface area contributed by atoms with E-state index in [0.29, 0.717) is 5.82 Å². The standard InChI is InChI=1S/C7H11N3O2/c8-7-9-6(10-12-7)5-3-1-2-4-11-5/h5H,1-4H2,(H2,8,9,10). The third kappa shape index (κ3) is 1.40. The summed E-state index contributed by atoms with van der Waals surface area (Å²) in [6, 6.07) is 0.110. The first-order valence-electron chi connectivity index (χ1n) is 4.07. The lowest BCUT2D eigenvalue weighted by Crippen LogP contribution is -2.12. The highest BCUT2D eigenvalue weighted by molar-refractivity contribution is 5.08. The fraction of sp³-hybridized carbons (Fsp3) is 0.714. The van der Waals surface area contributed by atoms with Crippen molar-refractivity contribution in [1.82, 2.24) is 10.1 Å². The molecule has 5 nitrogen and oxygen atoms in total. The van der Waals surface area contributed by atoms with Gasteiger partial charge in [0.2, 0.25) is 5.82 Å². The number of nitrogens with two attached hydrogens (primary N) is 1. The van der Waals surface area contributed by atoms with Crippen molar-refractivity contribution in [3.8, 4) is 0 Å². The second kappa shape index (κ2) is 3.10. The highest BCUT2D eigenvalue weighted by atomic mass is 16.5. The molecule has 0 radical (unpaired) electrons. The topological polar surface area (TPSA) is 74.2 Å². The van der Waals surface area contributed by atoms with Crippen LogP contribution in [0.4, 0.5) is 6.01 Å². The molecule has 0 spiro atoms. The second-order valence-electron chi connectivity index (χ2n) is 2.85. The van der Waals surface area contributed by atoms with E-state index in [4.69, 9.17) is 10.5 Å². The Labute approximate surface area is 69.9 Å². The molecule has 0 bridgehead atoms. The van der Waals surface area contributed by atoms with E-state index in [1.165, 1.54) is 0 Å². The minimum atomic E-state index is -0.0141. The Morgan fingerprint density at radius 1 is 1.42 bits per heavy atom. The lowest BCUT2D eigenvalue weighted by Gasteiger charge is -2.18. The monoisotopic (exact) mass is 169 g/mol. The van der Waals surface area contributed by atoms with Crippen LogP contribution in [0.25, 0.3) is 0 Å². The number of nitrogen functional groups attached to an aromatic ring is 1. The zero-order valence-electron chi connectivity index (χ0n) is 6.69. The summed E-state index contributed by atoms with van der Waals surface area (Å²) in [6.07, 6.45) is 3.21. The highest BCUT2D eigenvalue weighted by Gasteiger charge is 2.20. The Morgan fingerprint density at radius 3 is 2.92 bits per heavy atom. The molecule has 0 aromatic carbocycles. The van der Waals surface area contributed by atoms with Crippen molar-refractivity contribution in [2.75, 3.05) is 12.3 Å². The van der Waals surface area contributed by atoms with Gasteiger partial charge in [0.05, 0.1) is 0 Å². The Hall–Kier alpha value is -1.10. The van der Waals surface area contributed by atoms with Gasteiger partial charge in [0.1, 0.15) is 6.10 Å². The maximum absolute atomic E-state index is 5.44. The summed E-state index contributed by atoms with van der Waals surface area (Å²) in [5.74, 6) is 0.576. The SMILES string of the molecule is Nc1nc(C2CCCCO2)no1. The maximum atomic E-state index is 5.44. The van der Waals surface area contributed by atoms with Crippen molar-refractivity contribution in [3.05, 3.63) is 5.82 Å². The molecule has 1 aromatic heterocycles. The Kier molecular flexibility index (Phi) is 1.95. The smallest absolute Gasteiger partial charge is 0.318 e. The van der Waals surface area contributed by atoms with Crippen LogP contribution in [0.3, 0.4) is 0 Å². The van der Waals surface area contributed by atoms with E-state index in [-0.39, 0.29) is 12.1 Å². The lowest BCUT2D eigenvalue weighted by atomic mass is 10.1. The van der Waals surface area contributed by atoms with E-state index in [1.807, 2.05) is 0 Å². The molecule has 1 aliphatic heterocycles. The first kappa shape index (κ1) is 7.54. The predicted octanol–water partition coefficient (Wildman–Crippen LogP) is 0.893. The molecular weight excluding hydrogens is 158 g/mol. The largest absolute Gasteiger partial charge is 0.370 e. The zero-order chi connectivity index (χ0) is 8.39. The molecule has 2 heterocycles. The number of aromatic nitrogens is 2. The maximum Gasteiger partial charge on any atom is 0.318 e. The summed E-state index contributed by atoms with van der Waals surface area (Å²) in [4.78, 5) is 3.91. The number of rotatable bonds is 1. The Morgan fingerprint density at radius 2 is 2.33 bits per heavy atom. The first-order valence-corrected chi connectivity index (χ1v) is 4.07. The average Bonchev–Trinajstić information content (AvgIpc) is 2.54. The van der Waals surface area contributed by atoms with Crippen LogP contribution in [0.2, 0.25) is 0 Å². The van der Waals surface area contributed by atoms with Crippen LogP contribution in [-0.2, 0) is 4.74 Å². The summed E-state index contributed by atoms with van der Waals surface area (Å²) in [5.41, 5.74) is 5.29. The van der Waals surface area contributed by atoms with Gasteiger partial charge in [-0.2, -0.15) is 4.98 Å². The molecule has 1 saturated heterocycles. The van der Waals surface area contributed by atoms with Crippen molar-refractivity contribution >= 4 is 6.01 Å². The molecule has 1 aromatic rings. The van der Waals surface area contributed by atoms with Crippen molar-refractivity contribution in [2.45, 2.75) is 25.4 Å². The van der Waals surface area contributed by atoms with Gasteiger partial charge >= 0.3 is 6.01 Å². The van der Waals surface area contributed by atoms with Gasteiger partial charge in [-0.1, -0.05) is 5.16 Å². The Bertz CT molecular complexity index is 255. The molecule has 0 amide bonds. The second-order valence-corrected chi connectivity index (χ2v) is 2.85. The number of ether oxygens (including phenoxy) is 1. The fourth-order valence-corrected chi connectivity index (χ4v) is 1.32. The molecule has 1 atom stereocenters. The van der Waals surface area contributed by atoms with Gasteiger partial charge in [-0.15, -0.1) is 0 Å². The van der Waals surface area contributed by atoms with Gasteiger partial charge in [-0.25, -0.2) is 0 Å². The minimum absolute atomic E-state index is 0.0141. The normalized spacial score (nSPS) is 24.2. The van der Waals surface area contributed by atoms with Crippen LogP contribution in [0, 0.1) is 0 Å². The third-order valence-corrected chi connectivity index (χ3v) is 1.93. The molecule has 66 valence electrons. The molecule has 5 heteroatoms. The fourth-order valence-electron chi connectivity index (χ4n) is 1.32. The lowest BCUT2D eigenvalue weighted by molar-refractivity contribution is 0.00822. The van der Waals surface area contributed by atoms with Crippen LogP contribution < -0.4 is 5.73 Å². The van der Waals surface area contributed by atoms with Gasteiger partial charge in [-0.3, -0.25) is 0 Å². The summed E-state index contributed by atoms with van der Waals surface area (Å²) < 4.78 is 10.1. The molecule has 2 rings (SSSR count). The van der Waals surface area contributed by atoms with Crippen molar-refractivity contribution in [2.24, 2.45) is 0 Å². The van der Waals surface area contributed by atoms with Crippen LogP contribution in [-0.4, -0.2) is 16.7 Å². The van der Waals surface area contributed by atoms with Crippen LogP contribution >= 0.6 is 0 Å². The minimum Gasteiger partial charge on any atom is -0.370 e. The van der Waals surface area contributed by atoms with Crippen LogP contribution in [0.15, 0.2) is 4.52 Å². The summed E-state index contributed by atoms with van der Waals surface area (Å²) in [6.45, 7) is 0.777. The molecule has 1 unspecified atom stereocenters. The molecular formula is C7H11N3O2. The van der Waals surface area contributed by atoms with E-state index in [0.717, 1.165) is 25.9 Å². The number of anilines is 1. The molecule has 1 fully saturated rings. The van der Waals surface area contributed by atoms with E-state index in [1.54, 1.807) is 0 Å². The van der Waals surface area contributed by atoms with Crippen molar-refractivity contribution in [3.63, 3.8) is 0 Å². The summed E-state index contributed by atoms with van der Waals surface area (Å²) in [7, 11) is 0. The van der Waals surface area contributed by atoms with Gasteiger partial charge in [-0.05, 0) is 19.3 Å². The van der Waals surface area contributed by atoms with E-state index >= 15 is 0 Å². The van der Waals surface area contributed by atoms with Gasteiger partial charge in [0.15, 0.2) is 0 Å². The van der Waals surface area contributed by atoms with E-state index < -0.39 is 0 Å². The van der Waals surface area contributed by atoms with E-state index in [2.05, 4.69) is 14.7 Å². The van der Waals surface area contributed by atoms with Crippen molar-refractivity contribution < 1.29 is 9.26 Å². The van der Waals surface area contributed by atoms with Gasteiger partial charge in [0.25, 0.3) is 0 Å². The van der Waals surface area contributed by atoms with Gasteiger partial charge < -0.3 is 15.0 Å². The predicted molar refractivity (Wildman–Crippen MR) is 41.3 cm³/mol. The highest BCUT2D eigenvalue weighted by Crippen LogP contribution is 2.25. The quantitative estimate of drug-likeness (QED) is 0.675. The number of hydrogen-bond acceptors (Lipinski definition) is 5. The van der Waals surface area contributed by atoms with Crippen LogP contribution in [0.5, 0.6) is 0 Å². The van der Waals surface area contributed by atoms with Gasteiger partial charge in [0, 0.05) is 6.61 Å². The molecule has 0 saturated carbocycles. The molecule has 2 N–H and O–H groups in total.